The molecule has 2 amide bonds. The van der Waals surface area contributed by atoms with Gasteiger partial charge in [0.2, 0.25) is 15.9 Å². The molecule has 2 N–H and O–H groups in total. The molecule has 5 rings (SSSR count). The van der Waals surface area contributed by atoms with Gasteiger partial charge in [0.05, 0.1) is 16.5 Å². The monoisotopic (exact) mass is 548 g/mol. The largest absolute Gasteiger partial charge is 0.352 e. The molecule has 1 aliphatic heterocycles. The summed E-state index contributed by atoms with van der Waals surface area (Å²) < 4.78 is 28.9. The molecule has 1 unspecified atom stereocenters. The van der Waals surface area contributed by atoms with Crippen LogP contribution in [0.5, 0.6) is 0 Å². The van der Waals surface area contributed by atoms with Crippen LogP contribution in [0.4, 0.5) is 0 Å². The second-order valence-electron chi connectivity index (χ2n) is 11.5. The topological polar surface area (TPSA) is 119 Å². The summed E-state index contributed by atoms with van der Waals surface area (Å²) >= 11 is 0. The minimum atomic E-state index is -3.68. The number of rotatable bonds is 7. The van der Waals surface area contributed by atoms with Crippen LogP contribution in [0.1, 0.15) is 72.9 Å². The molecule has 9 heteroatoms. The number of hydrogen-bond donors (Lipinski definition) is 2. The lowest BCUT2D eigenvalue weighted by Crippen LogP contribution is -2.60. The molecular formula is C30H36N4O4S. The third-order valence-electron chi connectivity index (χ3n) is 8.83. The number of nitrogens with zero attached hydrogens (tertiary/aromatic N) is 2. The van der Waals surface area contributed by atoms with Gasteiger partial charge in [-0.05, 0) is 74.9 Å². The Kier molecular flexibility index (Phi) is 7.79. The molecule has 2 aromatic rings. The van der Waals surface area contributed by atoms with Gasteiger partial charge in [-0.3, -0.25) is 9.59 Å². The Balaban J connectivity index is 1.17. The van der Waals surface area contributed by atoms with Gasteiger partial charge in [-0.2, -0.15) is 5.26 Å². The number of amides is 2. The lowest BCUT2D eigenvalue weighted by molar-refractivity contribution is -0.125. The van der Waals surface area contributed by atoms with E-state index in [2.05, 4.69) is 16.1 Å². The van der Waals surface area contributed by atoms with Gasteiger partial charge in [-0.1, -0.05) is 37.0 Å². The van der Waals surface area contributed by atoms with Gasteiger partial charge in [0.15, 0.2) is 0 Å². The Morgan fingerprint density at radius 3 is 2.31 bits per heavy atom. The zero-order chi connectivity index (χ0) is 27.6. The average molecular weight is 549 g/mol. The second-order valence-corrected chi connectivity index (χ2v) is 13.2. The van der Waals surface area contributed by atoms with Crippen LogP contribution in [0.3, 0.4) is 0 Å². The fourth-order valence-electron chi connectivity index (χ4n) is 6.59. The zero-order valence-electron chi connectivity index (χ0n) is 22.4. The molecule has 3 atom stereocenters. The summed E-state index contributed by atoms with van der Waals surface area (Å²) in [7, 11) is -3.68. The number of likely N-dealkylation sites (tertiary alicyclic amines) is 1. The first-order valence-corrected chi connectivity index (χ1v) is 15.4. The molecule has 3 aliphatic rings. The molecule has 1 saturated heterocycles. The molecule has 0 radical (unpaired) electrons. The van der Waals surface area contributed by atoms with Gasteiger partial charge >= 0.3 is 0 Å². The fraction of sp³-hybridized carbons (Fsp3) is 0.500. The van der Waals surface area contributed by atoms with Crippen molar-refractivity contribution in [1.82, 2.24) is 14.9 Å². The summed E-state index contributed by atoms with van der Waals surface area (Å²) in [6, 6.07) is 15.0. The van der Waals surface area contributed by atoms with Gasteiger partial charge in [0, 0.05) is 42.6 Å². The van der Waals surface area contributed by atoms with E-state index >= 15 is 0 Å². The van der Waals surface area contributed by atoms with Crippen molar-refractivity contribution in [2.45, 2.75) is 75.3 Å². The normalized spacial score (nSPS) is 24.1. The van der Waals surface area contributed by atoms with E-state index in [0.717, 1.165) is 44.1 Å². The fourth-order valence-corrected chi connectivity index (χ4v) is 7.90. The maximum Gasteiger partial charge on any atom is 0.253 e. The molecule has 8 nitrogen and oxygen atoms in total. The van der Waals surface area contributed by atoms with Crippen LogP contribution < -0.4 is 10.0 Å². The number of nitrogens with one attached hydrogen (secondary N) is 2. The maximum atomic E-state index is 13.2. The number of carbonyl (C=O) groups excluding carboxylic acids is 2. The Morgan fingerprint density at radius 2 is 1.64 bits per heavy atom. The standard InChI is InChI=1S/C30H36N4O4S/c1-21-8-14-25(15-9-21)39(37,38)33-27-7-3-2-6-26(27)32-28(35)17-24-5-4-16-30(24)19-34(20-30)29(36)23-12-10-22(18-31)11-13-23/h8-15,24,26-27,33H,2-7,16-17,19-20H2,1H3,(H,32,35)/t24?,26-,27-/m0/s1. The summed E-state index contributed by atoms with van der Waals surface area (Å²) in [6.45, 7) is 3.21. The Bertz CT molecular complexity index is 1360. The molecule has 0 bridgehead atoms. The van der Waals surface area contributed by atoms with Gasteiger partial charge in [-0.25, -0.2) is 13.1 Å². The van der Waals surface area contributed by atoms with Crippen LogP contribution >= 0.6 is 0 Å². The molecule has 2 aliphatic carbocycles. The lowest BCUT2D eigenvalue weighted by atomic mass is 9.69. The quantitative estimate of drug-likeness (QED) is 0.544. The minimum absolute atomic E-state index is 0.0292. The third-order valence-corrected chi connectivity index (χ3v) is 10.3. The number of sulfonamides is 1. The van der Waals surface area contributed by atoms with E-state index in [1.165, 1.54) is 0 Å². The SMILES string of the molecule is Cc1ccc(S(=O)(=O)N[C@H]2CCCC[C@@H]2NC(=O)CC2CCCC23CN(C(=O)c2ccc(C#N)cc2)C3)cc1. The van der Waals surface area contributed by atoms with E-state index in [1.807, 2.05) is 11.8 Å². The molecule has 0 aromatic heterocycles. The second kappa shape index (κ2) is 11.1. The van der Waals surface area contributed by atoms with Crippen molar-refractivity contribution in [3.05, 3.63) is 65.2 Å². The Labute approximate surface area is 230 Å². The van der Waals surface area contributed by atoms with Gasteiger partial charge < -0.3 is 10.2 Å². The number of carbonyl (C=O) groups is 2. The zero-order valence-corrected chi connectivity index (χ0v) is 23.2. The minimum Gasteiger partial charge on any atom is -0.352 e. The van der Waals surface area contributed by atoms with E-state index < -0.39 is 10.0 Å². The molecule has 2 saturated carbocycles. The van der Waals surface area contributed by atoms with Crippen molar-refractivity contribution in [2.75, 3.05) is 13.1 Å². The first kappa shape index (κ1) is 27.4. The highest BCUT2D eigenvalue weighted by Gasteiger charge is 2.53. The van der Waals surface area contributed by atoms with Crippen LogP contribution in [0.25, 0.3) is 0 Å². The van der Waals surface area contributed by atoms with E-state index in [1.54, 1.807) is 48.5 Å². The van der Waals surface area contributed by atoms with E-state index in [0.29, 0.717) is 37.1 Å². The van der Waals surface area contributed by atoms with Gasteiger partial charge in [0.25, 0.3) is 5.91 Å². The van der Waals surface area contributed by atoms with E-state index in [9.17, 15) is 18.0 Å². The Hall–Kier alpha value is -3.22. The average Bonchev–Trinajstić information content (AvgIpc) is 3.32. The molecule has 39 heavy (non-hydrogen) atoms. The predicted molar refractivity (Wildman–Crippen MR) is 147 cm³/mol. The first-order valence-electron chi connectivity index (χ1n) is 13.9. The van der Waals surface area contributed by atoms with E-state index in [4.69, 9.17) is 5.26 Å². The molecule has 1 heterocycles. The van der Waals surface area contributed by atoms with Crippen LogP contribution in [0.15, 0.2) is 53.4 Å². The molecule has 3 fully saturated rings. The summed E-state index contributed by atoms with van der Waals surface area (Å²) in [4.78, 5) is 28.2. The first-order chi connectivity index (χ1) is 18.7. The predicted octanol–water partition coefficient (Wildman–Crippen LogP) is 3.91. The number of aryl methyl sites for hydroxylation is 1. The third kappa shape index (κ3) is 5.87. The molecular weight excluding hydrogens is 512 g/mol. The summed E-state index contributed by atoms with van der Waals surface area (Å²) in [5.41, 5.74) is 2.07. The van der Waals surface area contributed by atoms with Gasteiger partial charge in [-0.15, -0.1) is 0 Å². The van der Waals surface area contributed by atoms with Gasteiger partial charge in [0.1, 0.15) is 0 Å². The number of hydrogen-bond acceptors (Lipinski definition) is 5. The summed E-state index contributed by atoms with van der Waals surface area (Å²) in [5.74, 6) is 0.129. The smallest absolute Gasteiger partial charge is 0.253 e. The van der Waals surface area contributed by atoms with Crippen molar-refractivity contribution in [3.63, 3.8) is 0 Å². The summed E-state index contributed by atoms with van der Waals surface area (Å²) in [6.07, 6.45) is 6.71. The number of benzene rings is 2. The van der Waals surface area contributed by atoms with Crippen LogP contribution in [0.2, 0.25) is 0 Å². The molecule has 1 spiro atoms. The maximum absolute atomic E-state index is 13.2. The van der Waals surface area contributed by atoms with Crippen molar-refractivity contribution < 1.29 is 18.0 Å². The molecule has 2 aromatic carbocycles. The molecule has 206 valence electrons. The van der Waals surface area contributed by atoms with Crippen LogP contribution in [0, 0.1) is 29.6 Å². The van der Waals surface area contributed by atoms with Crippen LogP contribution in [-0.2, 0) is 14.8 Å². The number of nitriles is 1. The highest BCUT2D eigenvalue weighted by molar-refractivity contribution is 7.89. The Morgan fingerprint density at radius 1 is 0.974 bits per heavy atom. The van der Waals surface area contributed by atoms with Crippen molar-refractivity contribution in [2.24, 2.45) is 11.3 Å². The highest BCUT2D eigenvalue weighted by atomic mass is 32.2. The van der Waals surface area contributed by atoms with Crippen molar-refractivity contribution in [3.8, 4) is 6.07 Å². The highest BCUT2D eigenvalue weighted by Crippen LogP contribution is 2.51. The van der Waals surface area contributed by atoms with Crippen molar-refractivity contribution in [1.29, 1.82) is 5.26 Å². The summed E-state index contributed by atoms with van der Waals surface area (Å²) in [5, 5.41) is 12.2. The lowest BCUT2D eigenvalue weighted by Gasteiger charge is -2.51. The van der Waals surface area contributed by atoms with Crippen LogP contribution in [-0.4, -0.2) is 50.3 Å². The van der Waals surface area contributed by atoms with Crippen molar-refractivity contribution >= 4 is 21.8 Å². The van der Waals surface area contributed by atoms with E-state index in [-0.39, 0.29) is 40.1 Å².